The van der Waals surface area contributed by atoms with Crippen LogP contribution in [-0.4, -0.2) is 50.9 Å². The lowest BCUT2D eigenvalue weighted by Gasteiger charge is -2.34. The number of carbonyl (C=O) groups is 2. The Morgan fingerprint density at radius 3 is 2.10 bits per heavy atom. The standard InChI is InChI=1S/C37H39Cl2N3O5S/c1-26-15-21-31(22-16-26)48(45,46)42(29-17-19-30(47-2)20-18-29)25-36(43)41(24-32-33(38)13-8-14-34(32)39)35(23-27-9-4-3-5-10-27)37(44)40-28-11-6-7-12-28/h3-5,8-10,13-22,28,35H,6-7,11-12,23-25H2,1-2H3,(H,40,44)/t35-/m1/s1. The Hall–Kier alpha value is -4.05. The van der Waals surface area contributed by atoms with E-state index in [4.69, 9.17) is 27.9 Å². The third-order valence-electron chi connectivity index (χ3n) is 8.61. The first-order chi connectivity index (χ1) is 23.1. The quantitative estimate of drug-likeness (QED) is 0.159. The molecule has 0 unspecified atom stereocenters. The lowest BCUT2D eigenvalue weighted by Crippen LogP contribution is -2.54. The van der Waals surface area contributed by atoms with Gasteiger partial charge in [0.25, 0.3) is 10.0 Å². The molecule has 252 valence electrons. The van der Waals surface area contributed by atoms with Gasteiger partial charge >= 0.3 is 0 Å². The number of nitrogens with zero attached hydrogens (tertiary/aromatic N) is 2. The van der Waals surface area contributed by atoms with Crippen molar-refractivity contribution in [1.82, 2.24) is 10.2 Å². The van der Waals surface area contributed by atoms with Crippen LogP contribution >= 0.6 is 23.2 Å². The van der Waals surface area contributed by atoms with Crippen LogP contribution in [-0.2, 0) is 32.6 Å². The van der Waals surface area contributed by atoms with E-state index in [0.717, 1.165) is 41.1 Å². The highest BCUT2D eigenvalue weighted by Crippen LogP contribution is 2.30. The van der Waals surface area contributed by atoms with Crippen molar-refractivity contribution in [3.8, 4) is 5.75 Å². The van der Waals surface area contributed by atoms with Crippen LogP contribution in [0.25, 0.3) is 0 Å². The van der Waals surface area contributed by atoms with Crippen molar-refractivity contribution >= 4 is 50.7 Å². The Labute approximate surface area is 292 Å². The molecule has 11 heteroatoms. The van der Waals surface area contributed by atoms with Crippen molar-refractivity contribution in [3.63, 3.8) is 0 Å². The van der Waals surface area contributed by atoms with E-state index in [0.29, 0.717) is 21.4 Å². The maximum absolute atomic E-state index is 14.7. The molecule has 1 aliphatic carbocycles. The average molecular weight is 709 g/mol. The van der Waals surface area contributed by atoms with Gasteiger partial charge in [-0.05, 0) is 73.9 Å². The molecule has 5 rings (SSSR count). The summed E-state index contributed by atoms with van der Waals surface area (Å²) in [6.07, 6.45) is 3.93. The highest BCUT2D eigenvalue weighted by Gasteiger charge is 2.36. The second-order valence-electron chi connectivity index (χ2n) is 11.9. The summed E-state index contributed by atoms with van der Waals surface area (Å²) in [6, 6.07) is 26.3. The van der Waals surface area contributed by atoms with Gasteiger partial charge in [0.1, 0.15) is 18.3 Å². The number of amides is 2. The number of hydrogen-bond acceptors (Lipinski definition) is 5. The van der Waals surface area contributed by atoms with Crippen molar-refractivity contribution in [3.05, 3.63) is 124 Å². The fraction of sp³-hybridized carbons (Fsp3) is 0.297. The predicted molar refractivity (Wildman–Crippen MR) is 190 cm³/mol. The zero-order valence-corrected chi connectivity index (χ0v) is 29.3. The number of methoxy groups -OCH3 is 1. The first-order valence-electron chi connectivity index (χ1n) is 15.9. The van der Waals surface area contributed by atoms with Gasteiger partial charge in [0, 0.05) is 34.6 Å². The number of carbonyl (C=O) groups excluding carboxylic acids is 2. The summed E-state index contributed by atoms with van der Waals surface area (Å²) in [6.45, 7) is 1.16. The Bertz CT molecular complexity index is 1790. The highest BCUT2D eigenvalue weighted by molar-refractivity contribution is 7.92. The molecule has 4 aromatic rings. The van der Waals surface area contributed by atoms with Gasteiger partial charge in [-0.3, -0.25) is 13.9 Å². The maximum atomic E-state index is 14.7. The van der Waals surface area contributed by atoms with Gasteiger partial charge in [0.15, 0.2) is 0 Å². The van der Waals surface area contributed by atoms with Gasteiger partial charge < -0.3 is 15.0 Å². The van der Waals surface area contributed by atoms with Crippen molar-refractivity contribution in [2.24, 2.45) is 0 Å². The molecule has 0 aromatic heterocycles. The topological polar surface area (TPSA) is 96.0 Å². The van der Waals surface area contributed by atoms with Gasteiger partial charge in [-0.15, -0.1) is 0 Å². The van der Waals surface area contributed by atoms with Crippen LogP contribution in [0.15, 0.2) is 102 Å². The molecule has 4 aromatic carbocycles. The molecule has 0 spiro atoms. The first kappa shape index (κ1) is 35.3. The number of ether oxygens (including phenoxy) is 1. The molecule has 0 saturated heterocycles. The second-order valence-corrected chi connectivity index (χ2v) is 14.6. The summed E-state index contributed by atoms with van der Waals surface area (Å²) in [5.41, 5.74) is 2.45. The lowest BCUT2D eigenvalue weighted by molar-refractivity contribution is -0.140. The number of hydrogen-bond donors (Lipinski definition) is 1. The third-order valence-corrected chi connectivity index (χ3v) is 11.1. The predicted octanol–water partition coefficient (Wildman–Crippen LogP) is 7.20. The van der Waals surface area contributed by atoms with E-state index in [1.807, 2.05) is 37.3 Å². The fourth-order valence-electron chi connectivity index (χ4n) is 5.89. The summed E-state index contributed by atoms with van der Waals surface area (Å²) in [7, 11) is -2.72. The fourth-order valence-corrected chi connectivity index (χ4v) is 7.82. The van der Waals surface area contributed by atoms with Gasteiger partial charge in [-0.25, -0.2) is 8.42 Å². The smallest absolute Gasteiger partial charge is 0.264 e. The molecule has 0 aliphatic heterocycles. The van der Waals surface area contributed by atoms with E-state index >= 15 is 0 Å². The number of nitrogens with one attached hydrogen (secondary N) is 1. The molecule has 0 radical (unpaired) electrons. The van der Waals surface area contributed by atoms with Gasteiger partial charge in [0.05, 0.1) is 17.7 Å². The van der Waals surface area contributed by atoms with Crippen molar-refractivity contribution in [2.45, 2.75) is 62.6 Å². The number of anilines is 1. The molecule has 1 aliphatic rings. The number of aryl methyl sites for hydroxylation is 1. The molecule has 1 saturated carbocycles. The summed E-state index contributed by atoms with van der Waals surface area (Å²) >= 11 is 13.2. The number of benzene rings is 4. The summed E-state index contributed by atoms with van der Waals surface area (Å²) < 4.78 is 34.9. The minimum absolute atomic E-state index is 0.00524. The van der Waals surface area contributed by atoms with Crippen LogP contribution in [0.1, 0.15) is 42.4 Å². The summed E-state index contributed by atoms with van der Waals surface area (Å²) in [4.78, 5) is 30.3. The molecular formula is C37H39Cl2N3O5S. The van der Waals surface area contributed by atoms with Crippen molar-refractivity contribution in [1.29, 1.82) is 0 Å². The Morgan fingerprint density at radius 2 is 1.50 bits per heavy atom. The molecule has 2 amide bonds. The van der Waals surface area contributed by atoms with Crippen LogP contribution in [0.4, 0.5) is 5.69 Å². The molecular weight excluding hydrogens is 669 g/mol. The molecule has 8 nitrogen and oxygen atoms in total. The maximum Gasteiger partial charge on any atom is 0.264 e. The number of halogens is 2. The first-order valence-corrected chi connectivity index (χ1v) is 18.1. The van der Waals surface area contributed by atoms with Gasteiger partial charge in [0.2, 0.25) is 11.8 Å². The van der Waals surface area contributed by atoms with E-state index in [1.54, 1.807) is 54.6 Å². The van der Waals surface area contributed by atoms with Crippen LogP contribution in [0.5, 0.6) is 5.75 Å². The average Bonchev–Trinajstić information content (AvgIpc) is 3.60. The summed E-state index contributed by atoms with van der Waals surface area (Å²) in [5, 5.41) is 3.82. The molecule has 1 atom stereocenters. The largest absolute Gasteiger partial charge is 0.497 e. The van der Waals surface area contributed by atoms with Crippen LogP contribution in [0.3, 0.4) is 0 Å². The van der Waals surface area contributed by atoms with E-state index in [9.17, 15) is 18.0 Å². The summed E-state index contributed by atoms with van der Waals surface area (Å²) in [5.74, 6) is -0.390. The van der Waals surface area contributed by atoms with Crippen molar-refractivity contribution < 1.29 is 22.7 Å². The Kier molecular flexibility index (Phi) is 11.7. The molecule has 0 bridgehead atoms. The van der Waals surface area contributed by atoms with Gasteiger partial charge in [-0.1, -0.05) is 90.1 Å². The highest BCUT2D eigenvalue weighted by atomic mass is 35.5. The number of sulfonamides is 1. The van der Waals surface area contributed by atoms with E-state index in [-0.39, 0.29) is 35.5 Å². The lowest BCUT2D eigenvalue weighted by atomic mass is 10.0. The van der Waals surface area contributed by atoms with Crippen LogP contribution < -0.4 is 14.4 Å². The van der Waals surface area contributed by atoms with E-state index in [2.05, 4.69) is 5.32 Å². The van der Waals surface area contributed by atoms with Crippen LogP contribution in [0.2, 0.25) is 10.0 Å². The Morgan fingerprint density at radius 1 is 0.875 bits per heavy atom. The Balaban J connectivity index is 1.59. The third kappa shape index (κ3) is 8.50. The van der Waals surface area contributed by atoms with E-state index in [1.165, 1.54) is 24.1 Å². The normalized spacial score (nSPS) is 13.9. The van der Waals surface area contributed by atoms with E-state index < -0.39 is 28.5 Å². The second kappa shape index (κ2) is 15.9. The monoisotopic (exact) mass is 707 g/mol. The van der Waals surface area contributed by atoms with Gasteiger partial charge in [-0.2, -0.15) is 0 Å². The van der Waals surface area contributed by atoms with Crippen molar-refractivity contribution in [2.75, 3.05) is 18.0 Å². The minimum Gasteiger partial charge on any atom is -0.497 e. The zero-order chi connectivity index (χ0) is 34.3. The molecule has 48 heavy (non-hydrogen) atoms. The molecule has 1 N–H and O–H groups in total. The zero-order valence-electron chi connectivity index (χ0n) is 26.9. The molecule has 1 fully saturated rings. The molecule has 0 heterocycles. The van der Waals surface area contributed by atoms with Crippen LogP contribution in [0, 0.1) is 6.92 Å². The number of rotatable bonds is 13. The minimum atomic E-state index is -4.24. The SMILES string of the molecule is COc1ccc(N(CC(=O)N(Cc2c(Cl)cccc2Cl)[C@H](Cc2ccccc2)C(=O)NC2CCCC2)S(=O)(=O)c2ccc(C)cc2)cc1.